The highest BCUT2D eigenvalue weighted by Crippen LogP contribution is 2.42. The van der Waals surface area contributed by atoms with E-state index in [1.807, 2.05) is 6.92 Å². The lowest BCUT2D eigenvalue weighted by molar-refractivity contribution is -0.0649. The Balaban J connectivity index is 2.06. The molecule has 0 spiro atoms. The van der Waals surface area contributed by atoms with Crippen LogP contribution in [0.3, 0.4) is 0 Å². The average Bonchev–Trinajstić information content (AvgIpc) is 2.94. The molecule has 0 amide bonds. The topological polar surface area (TPSA) is 39.9 Å². The molecule has 112 valence electrons. The van der Waals surface area contributed by atoms with Crippen molar-refractivity contribution < 1.29 is 13.5 Å². The summed E-state index contributed by atoms with van der Waals surface area (Å²) in [5, 5.41) is 4.09. The van der Waals surface area contributed by atoms with E-state index in [0.29, 0.717) is 18.7 Å². The van der Waals surface area contributed by atoms with Crippen molar-refractivity contribution in [3.63, 3.8) is 0 Å². The van der Waals surface area contributed by atoms with Gasteiger partial charge in [0.15, 0.2) is 0 Å². The van der Waals surface area contributed by atoms with Crippen LogP contribution in [0.4, 0.5) is 8.78 Å². The number of nitrogens with zero attached hydrogens (tertiary/aromatic N) is 3. The summed E-state index contributed by atoms with van der Waals surface area (Å²) in [6, 6.07) is 3.62. The number of rotatable bonds is 3. The van der Waals surface area contributed by atoms with Crippen LogP contribution in [0.15, 0.2) is 30.9 Å². The van der Waals surface area contributed by atoms with Gasteiger partial charge in [-0.25, -0.2) is 18.4 Å². The fourth-order valence-corrected chi connectivity index (χ4v) is 3.72. The SMILES string of the molecule is C[C@@H]1SCCO[C@@]1(Cn1cncn1)c1ccc(F)cc1F. The maximum Gasteiger partial charge on any atom is 0.137 e. The third kappa shape index (κ3) is 2.67. The van der Waals surface area contributed by atoms with Crippen LogP contribution in [0.1, 0.15) is 12.5 Å². The predicted octanol–water partition coefficient (Wildman–Crippen LogP) is 2.60. The van der Waals surface area contributed by atoms with Gasteiger partial charge in [0.2, 0.25) is 0 Å². The monoisotopic (exact) mass is 311 g/mol. The molecule has 0 bridgehead atoms. The molecular formula is C14H15F2N3OS. The second-order valence-electron chi connectivity index (χ2n) is 4.97. The van der Waals surface area contributed by atoms with Crippen molar-refractivity contribution in [1.29, 1.82) is 0 Å². The van der Waals surface area contributed by atoms with Crippen molar-refractivity contribution in [2.24, 2.45) is 0 Å². The normalized spacial score (nSPS) is 26.0. The zero-order chi connectivity index (χ0) is 14.9. The quantitative estimate of drug-likeness (QED) is 0.873. The Bertz CT molecular complexity index is 623. The number of ether oxygens (including phenoxy) is 1. The average molecular weight is 311 g/mol. The molecule has 0 unspecified atom stereocenters. The second-order valence-corrected chi connectivity index (χ2v) is 6.42. The molecule has 0 aliphatic carbocycles. The lowest BCUT2D eigenvalue weighted by Gasteiger charge is -2.42. The van der Waals surface area contributed by atoms with Gasteiger partial charge >= 0.3 is 0 Å². The summed E-state index contributed by atoms with van der Waals surface area (Å²) in [6.45, 7) is 2.84. The number of hydrogen-bond donors (Lipinski definition) is 0. The van der Waals surface area contributed by atoms with E-state index in [1.54, 1.807) is 22.8 Å². The first-order valence-electron chi connectivity index (χ1n) is 6.65. The van der Waals surface area contributed by atoms with Gasteiger partial charge in [-0.05, 0) is 6.07 Å². The smallest absolute Gasteiger partial charge is 0.137 e. The van der Waals surface area contributed by atoms with Gasteiger partial charge in [-0.2, -0.15) is 16.9 Å². The molecule has 2 atom stereocenters. The largest absolute Gasteiger partial charge is 0.366 e. The summed E-state index contributed by atoms with van der Waals surface area (Å²) >= 11 is 1.71. The molecule has 4 nitrogen and oxygen atoms in total. The van der Waals surface area contributed by atoms with Gasteiger partial charge < -0.3 is 4.74 Å². The Hall–Kier alpha value is -1.47. The fraction of sp³-hybridized carbons (Fsp3) is 0.429. The highest BCUT2D eigenvalue weighted by Gasteiger charge is 2.44. The summed E-state index contributed by atoms with van der Waals surface area (Å²) < 4.78 is 35.1. The first-order valence-corrected chi connectivity index (χ1v) is 7.70. The molecule has 0 N–H and O–H groups in total. The standard InChI is InChI=1S/C14H15F2N3OS/c1-10-14(20-4-5-21-10,7-19-9-17-8-18-19)12-3-2-11(15)6-13(12)16/h2-3,6,8-10H,4-5,7H2,1H3/t10-,14+/m0/s1. The van der Waals surface area contributed by atoms with Crippen LogP contribution in [0.5, 0.6) is 0 Å². The maximum absolute atomic E-state index is 14.3. The minimum atomic E-state index is -0.881. The highest BCUT2D eigenvalue weighted by atomic mass is 32.2. The van der Waals surface area contributed by atoms with Crippen LogP contribution in [0.25, 0.3) is 0 Å². The number of hydrogen-bond acceptors (Lipinski definition) is 4. The van der Waals surface area contributed by atoms with E-state index in [1.165, 1.54) is 18.5 Å². The molecule has 7 heteroatoms. The molecule has 3 rings (SSSR count). The number of aromatic nitrogens is 3. The van der Waals surface area contributed by atoms with Crippen LogP contribution in [-0.2, 0) is 16.9 Å². The molecule has 1 aliphatic rings. The summed E-state index contributed by atoms with van der Waals surface area (Å²) in [5.41, 5.74) is -0.520. The van der Waals surface area contributed by atoms with E-state index in [-0.39, 0.29) is 5.25 Å². The molecule has 1 fully saturated rings. The number of benzene rings is 1. The lowest BCUT2D eigenvalue weighted by Crippen LogP contribution is -2.47. The van der Waals surface area contributed by atoms with Gasteiger partial charge in [0, 0.05) is 22.6 Å². The Kier molecular flexibility index (Phi) is 3.95. The minimum Gasteiger partial charge on any atom is -0.366 e. The molecule has 2 heterocycles. The van der Waals surface area contributed by atoms with E-state index in [9.17, 15) is 8.78 Å². The Morgan fingerprint density at radius 2 is 2.33 bits per heavy atom. The van der Waals surface area contributed by atoms with E-state index >= 15 is 0 Å². The van der Waals surface area contributed by atoms with Crippen LogP contribution < -0.4 is 0 Å². The Morgan fingerprint density at radius 1 is 1.48 bits per heavy atom. The van der Waals surface area contributed by atoms with E-state index < -0.39 is 17.2 Å². The third-order valence-corrected chi connectivity index (χ3v) is 5.00. The predicted molar refractivity (Wildman–Crippen MR) is 75.9 cm³/mol. The van der Waals surface area contributed by atoms with Crippen LogP contribution >= 0.6 is 11.8 Å². The van der Waals surface area contributed by atoms with Gasteiger partial charge in [-0.1, -0.05) is 13.0 Å². The van der Waals surface area contributed by atoms with Gasteiger partial charge in [0.1, 0.15) is 29.9 Å². The molecule has 1 aliphatic heterocycles. The van der Waals surface area contributed by atoms with Crippen molar-refractivity contribution in [2.45, 2.75) is 24.3 Å². The maximum atomic E-state index is 14.3. The number of halogens is 2. The van der Waals surface area contributed by atoms with Crippen molar-refractivity contribution in [1.82, 2.24) is 14.8 Å². The highest BCUT2D eigenvalue weighted by molar-refractivity contribution is 8.00. The van der Waals surface area contributed by atoms with Crippen molar-refractivity contribution in [3.05, 3.63) is 48.1 Å². The first-order chi connectivity index (χ1) is 10.1. The molecule has 1 aromatic carbocycles. The zero-order valence-corrected chi connectivity index (χ0v) is 12.3. The molecule has 21 heavy (non-hydrogen) atoms. The lowest BCUT2D eigenvalue weighted by atomic mass is 9.89. The van der Waals surface area contributed by atoms with Crippen molar-refractivity contribution in [2.75, 3.05) is 12.4 Å². The summed E-state index contributed by atoms with van der Waals surface area (Å²) in [7, 11) is 0. The molecular weight excluding hydrogens is 296 g/mol. The second kappa shape index (κ2) is 5.73. The number of thioether (sulfide) groups is 1. The molecule has 0 saturated carbocycles. The first kappa shape index (κ1) is 14.5. The molecule has 1 saturated heterocycles. The van der Waals surface area contributed by atoms with Crippen LogP contribution in [-0.4, -0.2) is 32.4 Å². The van der Waals surface area contributed by atoms with Gasteiger partial charge in [-0.3, -0.25) is 0 Å². The van der Waals surface area contributed by atoms with E-state index in [4.69, 9.17) is 4.74 Å². The van der Waals surface area contributed by atoms with Gasteiger partial charge in [0.05, 0.1) is 13.2 Å². The zero-order valence-electron chi connectivity index (χ0n) is 11.5. The fourth-order valence-electron chi connectivity index (χ4n) is 2.64. The summed E-state index contributed by atoms with van der Waals surface area (Å²) in [6.07, 6.45) is 2.99. The van der Waals surface area contributed by atoms with Crippen molar-refractivity contribution in [3.8, 4) is 0 Å². The third-order valence-electron chi connectivity index (χ3n) is 3.72. The minimum absolute atomic E-state index is 0.00964. The van der Waals surface area contributed by atoms with E-state index in [0.717, 1.165) is 11.8 Å². The molecule has 1 aromatic heterocycles. The Labute approximate surface area is 125 Å². The summed E-state index contributed by atoms with van der Waals surface area (Å²) in [4.78, 5) is 3.91. The Morgan fingerprint density at radius 3 is 3.00 bits per heavy atom. The summed E-state index contributed by atoms with van der Waals surface area (Å²) in [5.74, 6) is -0.337. The van der Waals surface area contributed by atoms with Gasteiger partial charge in [0.25, 0.3) is 0 Å². The molecule has 0 radical (unpaired) electrons. The van der Waals surface area contributed by atoms with Gasteiger partial charge in [-0.15, -0.1) is 0 Å². The van der Waals surface area contributed by atoms with Crippen molar-refractivity contribution >= 4 is 11.8 Å². The van der Waals surface area contributed by atoms with Crippen LogP contribution in [0, 0.1) is 11.6 Å². The van der Waals surface area contributed by atoms with E-state index in [2.05, 4.69) is 10.1 Å². The molecule has 2 aromatic rings. The van der Waals surface area contributed by atoms with Crippen LogP contribution in [0.2, 0.25) is 0 Å².